The molecule has 8 heteroatoms. The maximum atomic E-state index is 6.22. The van der Waals surface area contributed by atoms with Crippen molar-refractivity contribution in [2.45, 2.75) is 44.2 Å². The van der Waals surface area contributed by atoms with E-state index in [-0.39, 0.29) is 5.54 Å². The number of nitrogens with zero attached hydrogens (tertiary/aromatic N) is 6. The summed E-state index contributed by atoms with van der Waals surface area (Å²) in [7, 11) is 0. The lowest BCUT2D eigenvalue weighted by Gasteiger charge is -2.34. The molecule has 0 spiro atoms. The molecule has 28 heavy (non-hydrogen) atoms. The van der Waals surface area contributed by atoms with Crippen molar-refractivity contribution in [1.29, 1.82) is 0 Å². The van der Waals surface area contributed by atoms with Gasteiger partial charge in [0.05, 0.1) is 11.7 Å². The Hall–Kier alpha value is -3.13. The van der Waals surface area contributed by atoms with Crippen LogP contribution in [0.5, 0.6) is 0 Å². The minimum absolute atomic E-state index is 0.0450. The molecule has 142 valence electrons. The maximum Gasteiger partial charge on any atom is 0.241 e. The topological polar surface area (TPSA) is 107 Å². The molecule has 0 radical (unpaired) electrons. The van der Waals surface area contributed by atoms with Crippen molar-refractivity contribution in [2.24, 2.45) is 5.73 Å². The van der Waals surface area contributed by atoms with Crippen LogP contribution in [0.25, 0.3) is 27.8 Å². The first-order chi connectivity index (χ1) is 13.6. The van der Waals surface area contributed by atoms with Crippen LogP contribution in [0.3, 0.4) is 0 Å². The quantitative estimate of drug-likeness (QED) is 0.568. The number of aromatic nitrogens is 6. The van der Waals surface area contributed by atoms with Gasteiger partial charge >= 0.3 is 0 Å². The number of rotatable bonds is 3. The number of nitrogens with two attached hydrogens (primary N) is 1. The Morgan fingerprint density at radius 3 is 2.79 bits per heavy atom. The zero-order valence-corrected chi connectivity index (χ0v) is 15.7. The molecule has 0 atom stereocenters. The normalized spacial score (nSPS) is 22.6. The Labute approximate surface area is 162 Å². The fourth-order valence-corrected chi connectivity index (χ4v) is 3.82. The second-order valence-electron chi connectivity index (χ2n) is 7.84. The lowest BCUT2D eigenvalue weighted by Crippen LogP contribution is -2.43. The van der Waals surface area contributed by atoms with Crippen molar-refractivity contribution in [3.05, 3.63) is 43.1 Å². The average Bonchev–Trinajstić information content (AvgIpc) is 3.12. The van der Waals surface area contributed by atoms with Crippen LogP contribution in [0.4, 0.5) is 5.95 Å². The number of hydrogen-bond donors (Lipinski definition) is 2. The fraction of sp³-hybridized carbons (Fsp3) is 0.350. The summed E-state index contributed by atoms with van der Waals surface area (Å²) in [6, 6.07) is 4.38. The van der Waals surface area contributed by atoms with Gasteiger partial charge in [-0.1, -0.05) is 0 Å². The van der Waals surface area contributed by atoms with Crippen molar-refractivity contribution in [3.8, 4) is 11.1 Å². The minimum atomic E-state index is -0.0450. The zero-order chi connectivity index (χ0) is 19.1. The summed E-state index contributed by atoms with van der Waals surface area (Å²) >= 11 is 0. The molecule has 0 aliphatic heterocycles. The highest BCUT2D eigenvalue weighted by Gasteiger charge is 2.27. The molecule has 0 saturated heterocycles. The maximum absolute atomic E-state index is 6.22. The highest BCUT2D eigenvalue weighted by Crippen LogP contribution is 2.28. The van der Waals surface area contributed by atoms with Crippen LogP contribution >= 0.6 is 0 Å². The van der Waals surface area contributed by atoms with Gasteiger partial charge in [-0.2, -0.15) is 0 Å². The predicted molar refractivity (Wildman–Crippen MR) is 108 cm³/mol. The van der Waals surface area contributed by atoms with E-state index in [9.17, 15) is 0 Å². The van der Waals surface area contributed by atoms with Crippen molar-refractivity contribution < 1.29 is 0 Å². The summed E-state index contributed by atoms with van der Waals surface area (Å²) in [6.45, 7) is 2.13. The molecule has 1 aliphatic rings. The lowest BCUT2D eigenvalue weighted by atomic mass is 9.82. The molecule has 1 saturated carbocycles. The Morgan fingerprint density at radius 2 is 1.93 bits per heavy atom. The molecule has 4 heterocycles. The predicted octanol–water partition coefficient (Wildman–Crippen LogP) is 2.81. The SMILES string of the molecule is CC1(N)CCC(Nc2ncc3c(-c4cnc5nccnc5c4)ccn3n2)CC1. The lowest BCUT2D eigenvalue weighted by molar-refractivity contribution is 0.305. The molecule has 3 N–H and O–H groups in total. The largest absolute Gasteiger partial charge is 0.350 e. The van der Waals surface area contributed by atoms with E-state index < -0.39 is 0 Å². The number of anilines is 1. The molecule has 4 aromatic rings. The van der Waals surface area contributed by atoms with E-state index in [2.05, 4.69) is 37.3 Å². The van der Waals surface area contributed by atoms with Gasteiger partial charge in [0.25, 0.3) is 0 Å². The number of fused-ring (bicyclic) bond motifs is 2. The molecule has 5 rings (SSSR count). The van der Waals surface area contributed by atoms with Gasteiger partial charge < -0.3 is 11.1 Å². The second-order valence-corrected chi connectivity index (χ2v) is 7.84. The number of nitrogens with one attached hydrogen (secondary N) is 1. The van der Waals surface area contributed by atoms with Crippen molar-refractivity contribution in [1.82, 2.24) is 29.5 Å². The van der Waals surface area contributed by atoms with Crippen LogP contribution in [-0.2, 0) is 0 Å². The van der Waals surface area contributed by atoms with Crippen molar-refractivity contribution in [2.75, 3.05) is 5.32 Å². The second kappa shape index (κ2) is 6.49. The molecule has 0 amide bonds. The van der Waals surface area contributed by atoms with Gasteiger partial charge in [0.1, 0.15) is 5.52 Å². The van der Waals surface area contributed by atoms with Crippen LogP contribution in [-0.4, -0.2) is 41.1 Å². The van der Waals surface area contributed by atoms with E-state index in [4.69, 9.17) is 5.73 Å². The first kappa shape index (κ1) is 17.0. The number of hydrogen-bond acceptors (Lipinski definition) is 7. The molecule has 8 nitrogen and oxygen atoms in total. The Kier molecular flexibility index (Phi) is 3.94. The molecule has 1 fully saturated rings. The van der Waals surface area contributed by atoms with Gasteiger partial charge in [-0.25, -0.2) is 19.5 Å². The molecule has 4 aromatic heterocycles. The van der Waals surface area contributed by atoms with Gasteiger partial charge in [-0.15, -0.1) is 5.10 Å². The van der Waals surface area contributed by atoms with Gasteiger partial charge in [0, 0.05) is 47.5 Å². The summed E-state index contributed by atoms with van der Waals surface area (Å²) in [4.78, 5) is 17.5. The Morgan fingerprint density at radius 1 is 1.11 bits per heavy atom. The molecular weight excluding hydrogens is 352 g/mol. The molecule has 0 unspecified atom stereocenters. The van der Waals surface area contributed by atoms with E-state index in [1.807, 2.05) is 35.2 Å². The van der Waals surface area contributed by atoms with Crippen LogP contribution in [0.2, 0.25) is 0 Å². The Bertz CT molecular complexity index is 1140. The zero-order valence-electron chi connectivity index (χ0n) is 15.7. The number of pyridine rings is 1. The smallest absolute Gasteiger partial charge is 0.241 e. The van der Waals surface area contributed by atoms with Crippen LogP contribution in [0, 0.1) is 0 Å². The van der Waals surface area contributed by atoms with Gasteiger partial charge in [-0.05, 0) is 44.7 Å². The van der Waals surface area contributed by atoms with Crippen LogP contribution in [0.15, 0.2) is 43.1 Å². The van der Waals surface area contributed by atoms with E-state index in [0.29, 0.717) is 17.6 Å². The summed E-state index contributed by atoms with van der Waals surface area (Å²) in [6.07, 6.45) is 13.0. The summed E-state index contributed by atoms with van der Waals surface area (Å²) in [5.74, 6) is 0.641. The highest BCUT2D eigenvalue weighted by molar-refractivity contribution is 5.84. The van der Waals surface area contributed by atoms with Crippen molar-refractivity contribution >= 4 is 22.6 Å². The van der Waals surface area contributed by atoms with Crippen LogP contribution < -0.4 is 11.1 Å². The fourth-order valence-electron chi connectivity index (χ4n) is 3.82. The third-order valence-corrected chi connectivity index (χ3v) is 5.51. The monoisotopic (exact) mass is 374 g/mol. The first-order valence-electron chi connectivity index (χ1n) is 9.54. The first-order valence-corrected chi connectivity index (χ1v) is 9.54. The highest BCUT2D eigenvalue weighted by atomic mass is 15.3. The van der Waals surface area contributed by atoms with E-state index in [1.165, 1.54) is 0 Å². The summed E-state index contributed by atoms with van der Waals surface area (Å²) < 4.78 is 1.85. The van der Waals surface area contributed by atoms with Crippen molar-refractivity contribution in [3.63, 3.8) is 0 Å². The molecule has 0 bridgehead atoms. The Balaban J connectivity index is 1.41. The van der Waals surface area contributed by atoms with E-state index in [1.54, 1.807) is 12.4 Å². The van der Waals surface area contributed by atoms with Gasteiger partial charge in [-0.3, -0.25) is 4.98 Å². The molecular formula is C20H22N8. The summed E-state index contributed by atoms with van der Waals surface area (Å²) in [5, 5.41) is 8.08. The third kappa shape index (κ3) is 3.16. The third-order valence-electron chi connectivity index (χ3n) is 5.51. The average molecular weight is 374 g/mol. The van der Waals surface area contributed by atoms with E-state index in [0.717, 1.165) is 47.8 Å². The van der Waals surface area contributed by atoms with Crippen LogP contribution in [0.1, 0.15) is 32.6 Å². The standard InChI is InChI=1S/C20H22N8/c1-20(21)5-2-14(3-6-20)26-19-25-12-17-15(4-9-28(17)27-19)13-10-16-18(24-11-13)23-8-7-22-16/h4,7-12,14H,2-3,5-6,21H2,1H3,(H,26,27). The van der Waals surface area contributed by atoms with Gasteiger partial charge in [0.15, 0.2) is 5.65 Å². The summed E-state index contributed by atoms with van der Waals surface area (Å²) in [5.41, 5.74) is 10.5. The van der Waals surface area contributed by atoms with E-state index >= 15 is 0 Å². The molecule has 1 aliphatic carbocycles. The molecule has 0 aromatic carbocycles. The van der Waals surface area contributed by atoms with Gasteiger partial charge in [0.2, 0.25) is 5.95 Å². The minimum Gasteiger partial charge on any atom is -0.350 e.